The maximum atomic E-state index is 11.1. The molecule has 0 aliphatic heterocycles. The summed E-state index contributed by atoms with van der Waals surface area (Å²) >= 11 is 0. The van der Waals surface area contributed by atoms with Crippen molar-refractivity contribution in [3.8, 4) is 0 Å². The smallest absolute Gasteiger partial charge is 0.394 e. The normalized spacial score (nSPS) is 18.5. The standard InChI is InChI=1S/C7H18NO6P/c1-7(2,8)5-14-15(11,12)13-4-6(10)3-9/h6,9-10H,3-5,8H2,1-2H3,(H,11,12)/t6-/m1/s1. The van der Waals surface area contributed by atoms with E-state index >= 15 is 0 Å². The summed E-state index contributed by atoms with van der Waals surface area (Å²) in [5, 5.41) is 17.3. The Bertz CT molecular complexity index is 228. The second-order valence-corrected chi connectivity index (χ2v) is 5.32. The summed E-state index contributed by atoms with van der Waals surface area (Å²) in [6.07, 6.45) is -1.21. The molecule has 0 heterocycles. The maximum absolute atomic E-state index is 11.1. The van der Waals surface area contributed by atoms with Gasteiger partial charge in [-0.2, -0.15) is 0 Å². The molecule has 0 rings (SSSR count). The summed E-state index contributed by atoms with van der Waals surface area (Å²) in [7, 11) is -4.21. The van der Waals surface area contributed by atoms with Crippen molar-refractivity contribution in [2.45, 2.75) is 25.5 Å². The first-order chi connectivity index (χ1) is 6.66. The number of phosphoric acid groups is 1. The van der Waals surface area contributed by atoms with E-state index in [4.69, 9.17) is 20.8 Å². The van der Waals surface area contributed by atoms with Crippen molar-refractivity contribution in [1.82, 2.24) is 0 Å². The molecule has 0 aliphatic carbocycles. The van der Waals surface area contributed by atoms with E-state index in [1.807, 2.05) is 0 Å². The third-order valence-corrected chi connectivity index (χ3v) is 2.17. The largest absolute Gasteiger partial charge is 0.472 e. The van der Waals surface area contributed by atoms with E-state index in [0.29, 0.717) is 0 Å². The minimum atomic E-state index is -4.21. The quantitative estimate of drug-likeness (QED) is 0.432. The molecule has 0 radical (unpaired) electrons. The van der Waals surface area contributed by atoms with Gasteiger partial charge in [0.2, 0.25) is 0 Å². The van der Waals surface area contributed by atoms with Crippen molar-refractivity contribution in [1.29, 1.82) is 0 Å². The van der Waals surface area contributed by atoms with Crippen LogP contribution in [0.25, 0.3) is 0 Å². The van der Waals surface area contributed by atoms with E-state index in [-0.39, 0.29) is 6.61 Å². The number of hydrogen-bond acceptors (Lipinski definition) is 6. The molecule has 2 atom stereocenters. The van der Waals surface area contributed by atoms with E-state index < -0.39 is 32.7 Å². The van der Waals surface area contributed by atoms with Gasteiger partial charge in [-0.15, -0.1) is 0 Å². The Morgan fingerprint density at radius 3 is 2.40 bits per heavy atom. The monoisotopic (exact) mass is 243 g/mol. The Kier molecular flexibility index (Phi) is 5.90. The summed E-state index contributed by atoms with van der Waals surface area (Å²) in [5.74, 6) is 0. The molecule has 92 valence electrons. The Hall–Kier alpha value is -0.0100. The van der Waals surface area contributed by atoms with Crippen molar-refractivity contribution in [2.24, 2.45) is 5.73 Å². The van der Waals surface area contributed by atoms with Gasteiger partial charge < -0.3 is 20.8 Å². The van der Waals surface area contributed by atoms with E-state index in [2.05, 4.69) is 9.05 Å². The molecule has 0 aliphatic rings. The Balaban J connectivity index is 3.93. The molecular formula is C7H18NO6P. The number of phosphoric ester groups is 1. The molecule has 5 N–H and O–H groups in total. The first-order valence-corrected chi connectivity index (χ1v) is 5.85. The van der Waals surface area contributed by atoms with Gasteiger partial charge in [-0.25, -0.2) is 4.57 Å². The van der Waals surface area contributed by atoms with Crippen LogP contribution in [0.2, 0.25) is 0 Å². The lowest BCUT2D eigenvalue weighted by molar-refractivity contribution is 0.0340. The fourth-order valence-electron chi connectivity index (χ4n) is 0.518. The molecule has 0 bridgehead atoms. The summed E-state index contributed by atoms with van der Waals surface area (Å²) in [6.45, 7) is 2.05. The summed E-state index contributed by atoms with van der Waals surface area (Å²) in [5.41, 5.74) is 4.77. The number of rotatable bonds is 7. The van der Waals surface area contributed by atoms with Crippen molar-refractivity contribution >= 4 is 7.82 Å². The zero-order valence-corrected chi connectivity index (χ0v) is 9.68. The Labute approximate surface area is 88.4 Å². The molecule has 0 aromatic carbocycles. The number of aliphatic hydroxyl groups excluding tert-OH is 2. The van der Waals surface area contributed by atoms with Gasteiger partial charge in [0.25, 0.3) is 0 Å². The van der Waals surface area contributed by atoms with E-state index in [0.717, 1.165) is 0 Å². The Morgan fingerprint density at radius 1 is 1.47 bits per heavy atom. The lowest BCUT2D eigenvalue weighted by Gasteiger charge is -2.20. The van der Waals surface area contributed by atoms with Crippen LogP contribution in [0.4, 0.5) is 0 Å². The second kappa shape index (κ2) is 5.91. The SMILES string of the molecule is CC(C)(N)COP(=O)(O)OC[C@H](O)CO. The average molecular weight is 243 g/mol. The summed E-state index contributed by atoms with van der Waals surface area (Å²) in [4.78, 5) is 9.08. The highest BCUT2D eigenvalue weighted by Gasteiger charge is 2.25. The molecular weight excluding hydrogens is 225 g/mol. The van der Waals surface area contributed by atoms with Crippen LogP contribution in [-0.4, -0.2) is 46.6 Å². The number of aliphatic hydroxyl groups is 2. The lowest BCUT2D eigenvalue weighted by atomic mass is 10.1. The van der Waals surface area contributed by atoms with Gasteiger partial charge in [0.1, 0.15) is 6.10 Å². The van der Waals surface area contributed by atoms with E-state index in [1.54, 1.807) is 13.8 Å². The van der Waals surface area contributed by atoms with Crippen molar-refractivity contribution in [3.05, 3.63) is 0 Å². The molecule has 7 nitrogen and oxygen atoms in total. The van der Waals surface area contributed by atoms with Gasteiger partial charge in [0, 0.05) is 5.54 Å². The first-order valence-electron chi connectivity index (χ1n) is 4.36. The summed E-state index contributed by atoms with van der Waals surface area (Å²) in [6, 6.07) is 0. The summed E-state index contributed by atoms with van der Waals surface area (Å²) < 4.78 is 20.1. The van der Waals surface area contributed by atoms with Crippen LogP contribution in [0.3, 0.4) is 0 Å². The van der Waals surface area contributed by atoms with Crippen LogP contribution < -0.4 is 5.73 Å². The molecule has 0 saturated heterocycles. The van der Waals surface area contributed by atoms with Crippen LogP contribution in [0.1, 0.15) is 13.8 Å². The third kappa shape index (κ3) is 8.95. The highest BCUT2D eigenvalue weighted by atomic mass is 31.2. The van der Waals surface area contributed by atoms with Gasteiger partial charge in [-0.3, -0.25) is 9.05 Å². The molecule has 0 saturated carbocycles. The van der Waals surface area contributed by atoms with Crippen molar-refractivity contribution in [2.75, 3.05) is 19.8 Å². The molecule has 0 aromatic rings. The Morgan fingerprint density at radius 2 is 2.00 bits per heavy atom. The van der Waals surface area contributed by atoms with Gasteiger partial charge in [0.15, 0.2) is 0 Å². The van der Waals surface area contributed by atoms with Crippen LogP contribution in [-0.2, 0) is 13.6 Å². The first kappa shape index (κ1) is 15.0. The zero-order valence-electron chi connectivity index (χ0n) is 8.79. The molecule has 8 heteroatoms. The van der Waals surface area contributed by atoms with Gasteiger partial charge in [-0.05, 0) is 13.8 Å². The van der Waals surface area contributed by atoms with Gasteiger partial charge in [-0.1, -0.05) is 0 Å². The van der Waals surface area contributed by atoms with Crippen LogP contribution in [0.5, 0.6) is 0 Å². The predicted octanol–water partition coefficient (Wildman–Crippen LogP) is -0.790. The molecule has 15 heavy (non-hydrogen) atoms. The lowest BCUT2D eigenvalue weighted by Crippen LogP contribution is -2.37. The van der Waals surface area contributed by atoms with Crippen LogP contribution in [0.15, 0.2) is 0 Å². The van der Waals surface area contributed by atoms with E-state index in [9.17, 15) is 4.57 Å². The molecule has 0 fully saturated rings. The highest BCUT2D eigenvalue weighted by molar-refractivity contribution is 7.47. The fourth-order valence-corrected chi connectivity index (χ4v) is 1.45. The van der Waals surface area contributed by atoms with E-state index in [1.165, 1.54) is 0 Å². The average Bonchev–Trinajstić information content (AvgIpc) is 2.10. The number of hydrogen-bond donors (Lipinski definition) is 4. The van der Waals surface area contributed by atoms with Crippen molar-refractivity contribution < 1.29 is 28.7 Å². The molecule has 0 amide bonds. The maximum Gasteiger partial charge on any atom is 0.472 e. The molecule has 0 spiro atoms. The van der Waals surface area contributed by atoms with Gasteiger partial charge >= 0.3 is 7.82 Å². The minimum absolute atomic E-state index is 0.157. The van der Waals surface area contributed by atoms with Crippen molar-refractivity contribution in [3.63, 3.8) is 0 Å². The molecule has 1 unspecified atom stereocenters. The highest BCUT2D eigenvalue weighted by Crippen LogP contribution is 2.43. The fraction of sp³-hybridized carbons (Fsp3) is 1.00. The second-order valence-electron chi connectivity index (χ2n) is 3.86. The minimum Gasteiger partial charge on any atom is -0.394 e. The topological polar surface area (TPSA) is 122 Å². The van der Waals surface area contributed by atoms with Crippen LogP contribution >= 0.6 is 7.82 Å². The molecule has 0 aromatic heterocycles. The van der Waals surface area contributed by atoms with Crippen LogP contribution in [0, 0.1) is 0 Å². The predicted molar refractivity (Wildman–Crippen MR) is 53.1 cm³/mol. The number of nitrogens with two attached hydrogens (primary N) is 1. The zero-order chi connectivity index (χ0) is 12.1. The van der Waals surface area contributed by atoms with Gasteiger partial charge in [0.05, 0.1) is 19.8 Å². The third-order valence-electron chi connectivity index (χ3n) is 1.24.